The van der Waals surface area contributed by atoms with Gasteiger partial charge in [-0.25, -0.2) is 0 Å². The molecular weight excluding hydrogens is 382 g/mol. The number of rotatable bonds is 12. The molecule has 0 saturated carbocycles. The van der Waals surface area contributed by atoms with Crippen molar-refractivity contribution < 1.29 is 19.1 Å². The highest BCUT2D eigenvalue weighted by Crippen LogP contribution is 2.23. The molecule has 0 bridgehead atoms. The molecule has 7 heteroatoms. The third kappa shape index (κ3) is 7.08. The van der Waals surface area contributed by atoms with Gasteiger partial charge in [-0.15, -0.1) is 0 Å². The standard InChI is InChI=1S/C23H31N3O4/c1-4-26(5-2)23(28)18-10-9-11-19(16-18)24-17-22(27)25-20-12-7-8-13-21(20)30-15-14-29-6-3/h7-13,16,24H,4-6,14-15,17H2,1-3H3,(H,25,27). The Balaban J connectivity index is 1.93. The van der Waals surface area contributed by atoms with Crippen molar-refractivity contribution in [1.29, 1.82) is 0 Å². The minimum atomic E-state index is -0.212. The molecule has 0 unspecified atom stereocenters. The smallest absolute Gasteiger partial charge is 0.253 e. The average Bonchev–Trinajstić information content (AvgIpc) is 2.77. The molecule has 2 aromatic carbocycles. The van der Waals surface area contributed by atoms with Crippen LogP contribution in [0.3, 0.4) is 0 Å². The number of ether oxygens (including phenoxy) is 2. The van der Waals surface area contributed by atoms with Gasteiger partial charge in [0.05, 0.1) is 18.8 Å². The molecule has 0 aliphatic carbocycles. The number of amides is 2. The molecule has 0 spiro atoms. The molecule has 0 fully saturated rings. The molecule has 0 aromatic heterocycles. The van der Waals surface area contributed by atoms with Crippen LogP contribution in [0.4, 0.5) is 11.4 Å². The van der Waals surface area contributed by atoms with Gasteiger partial charge >= 0.3 is 0 Å². The molecule has 2 N–H and O–H groups in total. The van der Waals surface area contributed by atoms with Crippen LogP contribution in [0.1, 0.15) is 31.1 Å². The van der Waals surface area contributed by atoms with Crippen LogP contribution >= 0.6 is 0 Å². The fourth-order valence-corrected chi connectivity index (χ4v) is 2.88. The van der Waals surface area contributed by atoms with Gasteiger partial charge in [0, 0.05) is 30.9 Å². The number of nitrogens with zero attached hydrogens (tertiary/aromatic N) is 1. The molecule has 2 amide bonds. The van der Waals surface area contributed by atoms with E-state index in [1.165, 1.54) is 0 Å². The Morgan fingerprint density at radius 2 is 1.73 bits per heavy atom. The fraction of sp³-hybridized carbons (Fsp3) is 0.391. The van der Waals surface area contributed by atoms with E-state index in [0.717, 1.165) is 0 Å². The van der Waals surface area contributed by atoms with E-state index in [1.807, 2.05) is 39.0 Å². The van der Waals surface area contributed by atoms with Gasteiger partial charge in [-0.05, 0) is 51.1 Å². The third-order valence-corrected chi connectivity index (χ3v) is 4.46. The van der Waals surface area contributed by atoms with Crippen LogP contribution in [0.15, 0.2) is 48.5 Å². The van der Waals surface area contributed by atoms with Crippen molar-refractivity contribution in [3.05, 3.63) is 54.1 Å². The first-order valence-corrected chi connectivity index (χ1v) is 10.3. The topological polar surface area (TPSA) is 79.9 Å². The SMILES string of the molecule is CCOCCOc1ccccc1NC(=O)CNc1cccc(C(=O)N(CC)CC)c1. The second kappa shape index (κ2) is 12.5. The lowest BCUT2D eigenvalue weighted by molar-refractivity contribution is -0.114. The van der Waals surface area contributed by atoms with E-state index in [1.54, 1.807) is 35.2 Å². The number of anilines is 2. The maximum absolute atomic E-state index is 12.5. The number of benzene rings is 2. The molecular formula is C23H31N3O4. The second-order valence-corrected chi connectivity index (χ2v) is 6.50. The van der Waals surface area contributed by atoms with Crippen molar-refractivity contribution in [1.82, 2.24) is 4.90 Å². The summed E-state index contributed by atoms with van der Waals surface area (Å²) in [5.41, 5.74) is 1.91. The molecule has 2 aromatic rings. The molecule has 0 aliphatic heterocycles. The van der Waals surface area contributed by atoms with Crippen molar-refractivity contribution in [2.45, 2.75) is 20.8 Å². The van der Waals surface area contributed by atoms with E-state index < -0.39 is 0 Å². The van der Waals surface area contributed by atoms with Gasteiger partial charge in [0.2, 0.25) is 5.91 Å². The number of carbonyl (C=O) groups excluding carboxylic acids is 2. The largest absolute Gasteiger partial charge is 0.489 e. The Labute approximate surface area is 178 Å². The molecule has 0 aliphatic rings. The summed E-state index contributed by atoms with van der Waals surface area (Å²) < 4.78 is 11.0. The molecule has 0 saturated heterocycles. The molecule has 0 radical (unpaired) electrons. The van der Waals surface area contributed by atoms with Gasteiger partial charge < -0.3 is 25.0 Å². The molecule has 7 nitrogen and oxygen atoms in total. The van der Waals surface area contributed by atoms with Crippen LogP contribution in [-0.2, 0) is 9.53 Å². The van der Waals surface area contributed by atoms with E-state index in [-0.39, 0.29) is 18.4 Å². The normalized spacial score (nSPS) is 10.4. The summed E-state index contributed by atoms with van der Waals surface area (Å²) in [6, 6.07) is 14.5. The maximum atomic E-state index is 12.5. The predicted octanol–water partition coefficient (Wildman–Crippen LogP) is 3.63. The van der Waals surface area contributed by atoms with Crippen LogP contribution in [0.2, 0.25) is 0 Å². The monoisotopic (exact) mass is 413 g/mol. The lowest BCUT2D eigenvalue weighted by Gasteiger charge is -2.19. The van der Waals surface area contributed by atoms with Crippen LogP contribution in [0.5, 0.6) is 5.75 Å². The molecule has 2 rings (SSSR count). The Morgan fingerprint density at radius 1 is 0.967 bits per heavy atom. The first-order valence-electron chi connectivity index (χ1n) is 10.3. The zero-order chi connectivity index (χ0) is 21.8. The van der Waals surface area contributed by atoms with Crippen molar-refractivity contribution >= 4 is 23.2 Å². The van der Waals surface area contributed by atoms with Gasteiger partial charge in [-0.1, -0.05) is 18.2 Å². The summed E-state index contributed by atoms with van der Waals surface area (Å²) >= 11 is 0. The molecule has 162 valence electrons. The number of hydrogen-bond acceptors (Lipinski definition) is 5. The number of para-hydroxylation sites is 2. The Kier molecular flexibility index (Phi) is 9.67. The first-order chi connectivity index (χ1) is 14.6. The maximum Gasteiger partial charge on any atom is 0.253 e. The lowest BCUT2D eigenvalue weighted by atomic mass is 10.1. The second-order valence-electron chi connectivity index (χ2n) is 6.50. The molecule has 0 heterocycles. The van der Waals surface area contributed by atoms with Gasteiger partial charge in [0.1, 0.15) is 12.4 Å². The van der Waals surface area contributed by atoms with E-state index in [4.69, 9.17) is 9.47 Å². The van der Waals surface area contributed by atoms with Gasteiger partial charge in [-0.3, -0.25) is 9.59 Å². The highest BCUT2D eigenvalue weighted by Gasteiger charge is 2.13. The summed E-state index contributed by atoms with van der Waals surface area (Å²) in [5.74, 6) is 0.361. The summed E-state index contributed by atoms with van der Waals surface area (Å²) in [4.78, 5) is 26.7. The van der Waals surface area contributed by atoms with Crippen molar-refractivity contribution in [3.63, 3.8) is 0 Å². The van der Waals surface area contributed by atoms with E-state index in [2.05, 4.69) is 10.6 Å². The average molecular weight is 414 g/mol. The van der Waals surface area contributed by atoms with Crippen LogP contribution in [0.25, 0.3) is 0 Å². The minimum Gasteiger partial charge on any atom is -0.489 e. The quantitative estimate of drug-likeness (QED) is 0.520. The third-order valence-electron chi connectivity index (χ3n) is 4.46. The van der Waals surface area contributed by atoms with Crippen molar-refractivity contribution in [2.24, 2.45) is 0 Å². The molecule has 30 heavy (non-hydrogen) atoms. The van der Waals surface area contributed by atoms with E-state index >= 15 is 0 Å². The van der Waals surface area contributed by atoms with E-state index in [9.17, 15) is 9.59 Å². The summed E-state index contributed by atoms with van der Waals surface area (Å²) in [6.45, 7) is 8.73. The number of carbonyl (C=O) groups is 2. The van der Waals surface area contributed by atoms with Gasteiger partial charge in [0.15, 0.2) is 0 Å². The van der Waals surface area contributed by atoms with E-state index in [0.29, 0.717) is 55.6 Å². The van der Waals surface area contributed by atoms with Crippen LogP contribution in [0, 0.1) is 0 Å². The Morgan fingerprint density at radius 3 is 2.47 bits per heavy atom. The van der Waals surface area contributed by atoms with Crippen molar-refractivity contribution in [3.8, 4) is 5.75 Å². The van der Waals surface area contributed by atoms with Crippen molar-refractivity contribution in [2.75, 3.05) is 50.1 Å². The van der Waals surface area contributed by atoms with Gasteiger partial charge in [-0.2, -0.15) is 0 Å². The highest BCUT2D eigenvalue weighted by molar-refractivity contribution is 5.96. The minimum absolute atomic E-state index is 0.0220. The number of nitrogens with one attached hydrogen (secondary N) is 2. The summed E-state index contributed by atoms with van der Waals surface area (Å²) in [5, 5.41) is 5.92. The zero-order valence-electron chi connectivity index (χ0n) is 17.9. The summed E-state index contributed by atoms with van der Waals surface area (Å²) in [7, 11) is 0. The Hall–Kier alpha value is -3.06. The summed E-state index contributed by atoms with van der Waals surface area (Å²) in [6.07, 6.45) is 0. The van der Waals surface area contributed by atoms with Crippen LogP contribution in [-0.4, -0.2) is 56.2 Å². The molecule has 0 atom stereocenters. The Bertz CT molecular complexity index is 822. The first kappa shape index (κ1) is 23.2. The van der Waals surface area contributed by atoms with Crippen LogP contribution < -0.4 is 15.4 Å². The number of hydrogen-bond donors (Lipinski definition) is 2. The lowest BCUT2D eigenvalue weighted by Crippen LogP contribution is -2.30. The predicted molar refractivity (Wildman–Crippen MR) is 119 cm³/mol. The van der Waals surface area contributed by atoms with Gasteiger partial charge in [0.25, 0.3) is 5.91 Å². The highest BCUT2D eigenvalue weighted by atomic mass is 16.5. The fourth-order valence-electron chi connectivity index (χ4n) is 2.88. The zero-order valence-corrected chi connectivity index (χ0v) is 17.9.